The summed E-state index contributed by atoms with van der Waals surface area (Å²) in [5.41, 5.74) is 0.518. The van der Waals surface area contributed by atoms with Crippen molar-refractivity contribution in [3.63, 3.8) is 0 Å². The van der Waals surface area contributed by atoms with Gasteiger partial charge in [0.15, 0.2) is 0 Å². The molecule has 0 spiro atoms. The zero-order valence-corrected chi connectivity index (χ0v) is 9.14. The Kier molecular flexibility index (Phi) is 4.18. The van der Waals surface area contributed by atoms with Gasteiger partial charge in [-0.15, -0.1) is 0 Å². The molecule has 5 heteroatoms. The number of hydrogen-bond donors (Lipinski definition) is 1. The Hall–Kier alpha value is -1.23. The molecule has 0 saturated heterocycles. The molecule has 0 aliphatic carbocycles. The summed E-state index contributed by atoms with van der Waals surface area (Å²) in [7, 11) is 2.95. The van der Waals surface area contributed by atoms with E-state index in [-0.39, 0.29) is 0 Å². The van der Waals surface area contributed by atoms with E-state index in [9.17, 15) is 13.2 Å². The second-order valence-corrected chi connectivity index (χ2v) is 3.40. The number of hydrogen-bond acceptors (Lipinski definition) is 2. The summed E-state index contributed by atoms with van der Waals surface area (Å²) in [5, 5.41) is 2.65. The molecule has 1 unspecified atom stereocenters. The van der Waals surface area contributed by atoms with Crippen LogP contribution in [-0.2, 0) is 0 Å². The normalized spacial score (nSPS) is 13.6. The van der Waals surface area contributed by atoms with Crippen molar-refractivity contribution in [2.45, 2.75) is 18.6 Å². The molecule has 2 nitrogen and oxygen atoms in total. The number of nitrogens with one attached hydrogen (secondary N) is 1. The summed E-state index contributed by atoms with van der Waals surface area (Å²) in [4.78, 5) is 0. The molecule has 0 aliphatic heterocycles. The fraction of sp³-hybridized carbons (Fsp3) is 0.455. The van der Waals surface area contributed by atoms with Gasteiger partial charge in [0.25, 0.3) is 0 Å². The molecule has 0 fully saturated rings. The van der Waals surface area contributed by atoms with E-state index >= 15 is 0 Å². The Labute approximate surface area is 92.4 Å². The van der Waals surface area contributed by atoms with Crippen molar-refractivity contribution in [1.29, 1.82) is 0 Å². The molecule has 90 valence electrons. The van der Waals surface area contributed by atoms with E-state index in [1.54, 1.807) is 24.3 Å². The molecule has 0 bridgehead atoms. The second-order valence-electron chi connectivity index (χ2n) is 3.40. The first-order valence-electron chi connectivity index (χ1n) is 4.85. The number of methoxy groups -OCH3 is 1. The van der Waals surface area contributed by atoms with Crippen LogP contribution in [0.15, 0.2) is 24.3 Å². The van der Waals surface area contributed by atoms with Crippen LogP contribution in [0.1, 0.15) is 18.0 Å². The molecule has 1 atom stereocenters. The molecule has 0 aliphatic rings. The molecule has 1 rings (SSSR count). The highest BCUT2D eigenvalue weighted by Crippen LogP contribution is 2.33. The van der Waals surface area contributed by atoms with E-state index in [1.807, 2.05) is 0 Å². The van der Waals surface area contributed by atoms with Crippen molar-refractivity contribution in [3.05, 3.63) is 29.8 Å². The maximum Gasteiger partial charge on any atom is 0.390 e. The Morgan fingerprint density at radius 2 is 1.94 bits per heavy atom. The molecular formula is C11H14F3NO. The smallest absolute Gasteiger partial charge is 0.390 e. The minimum absolute atomic E-state index is 0.464. The van der Waals surface area contributed by atoms with Crippen LogP contribution in [0.2, 0.25) is 0 Å². The van der Waals surface area contributed by atoms with Gasteiger partial charge in [-0.3, -0.25) is 0 Å². The fourth-order valence-corrected chi connectivity index (χ4v) is 1.55. The maximum atomic E-state index is 12.3. The molecule has 1 N–H and O–H groups in total. The van der Waals surface area contributed by atoms with E-state index < -0.39 is 18.6 Å². The van der Waals surface area contributed by atoms with E-state index in [4.69, 9.17) is 4.74 Å². The quantitative estimate of drug-likeness (QED) is 0.863. The van der Waals surface area contributed by atoms with Crippen molar-refractivity contribution < 1.29 is 17.9 Å². The Balaban J connectivity index is 2.94. The van der Waals surface area contributed by atoms with Crippen LogP contribution >= 0.6 is 0 Å². The maximum absolute atomic E-state index is 12.3. The van der Waals surface area contributed by atoms with Crippen LogP contribution in [0, 0.1) is 0 Å². The van der Waals surface area contributed by atoms with Gasteiger partial charge < -0.3 is 10.1 Å². The molecule has 1 aromatic carbocycles. The summed E-state index contributed by atoms with van der Waals surface area (Å²) in [6.45, 7) is 0. The zero-order chi connectivity index (χ0) is 12.2. The molecule has 0 amide bonds. The summed E-state index contributed by atoms with van der Waals surface area (Å²) < 4.78 is 42.0. The van der Waals surface area contributed by atoms with Crippen LogP contribution in [0.5, 0.6) is 5.75 Å². The number of para-hydroxylation sites is 1. The van der Waals surface area contributed by atoms with Gasteiger partial charge >= 0.3 is 6.18 Å². The minimum atomic E-state index is -4.20. The Morgan fingerprint density at radius 1 is 1.31 bits per heavy atom. The lowest BCUT2D eigenvalue weighted by molar-refractivity contribution is -0.140. The van der Waals surface area contributed by atoms with Crippen molar-refractivity contribution in [1.82, 2.24) is 5.32 Å². The van der Waals surface area contributed by atoms with Gasteiger partial charge in [0.1, 0.15) is 5.75 Å². The molecule has 0 aromatic heterocycles. The number of alkyl halides is 3. The van der Waals surface area contributed by atoms with Gasteiger partial charge in [-0.1, -0.05) is 18.2 Å². The average molecular weight is 233 g/mol. The molecule has 0 saturated carbocycles. The van der Waals surface area contributed by atoms with E-state index in [1.165, 1.54) is 14.2 Å². The molecule has 1 aromatic rings. The first-order valence-corrected chi connectivity index (χ1v) is 4.85. The number of halogens is 3. The van der Waals surface area contributed by atoms with Crippen molar-refractivity contribution in [2.24, 2.45) is 0 Å². The average Bonchev–Trinajstić information content (AvgIpc) is 2.24. The van der Waals surface area contributed by atoms with Crippen LogP contribution in [0.25, 0.3) is 0 Å². The zero-order valence-electron chi connectivity index (χ0n) is 9.14. The highest BCUT2D eigenvalue weighted by Gasteiger charge is 2.32. The van der Waals surface area contributed by atoms with Gasteiger partial charge in [-0.2, -0.15) is 13.2 Å². The summed E-state index contributed by atoms with van der Waals surface area (Å²) in [6, 6.07) is 5.92. The third-order valence-corrected chi connectivity index (χ3v) is 2.30. The first-order chi connectivity index (χ1) is 7.48. The topological polar surface area (TPSA) is 21.3 Å². The third kappa shape index (κ3) is 3.41. The molecule has 0 radical (unpaired) electrons. The lowest BCUT2D eigenvalue weighted by Crippen LogP contribution is -2.24. The summed E-state index contributed by atoms with van der Waals surface area (Å²) >= 11 is 0. The third-order valence-electron chi connectivity index (χ3n) is 2.30. The number of benzene rings is 1. The number of ether oxygens (including phenoxy) is 1. The highest BCUT2D eigenvalue weighted by atomic mass is 19.4. The van der Waals surface area contributed by atoms with Gasteiger partial charge in [0, 0.05) is 11.6 Å². The molecule has 16 heavy (non-hydrogen) atoms. The predicted octanol–water partition coefficient (Wildman–Crippen LogP) is 2.91. The van der Waals surface area contributed by atoms with E-state index in [0.29, 0.717) is 11.3 Å². The predicted molar refractivity (Wildman–Crippen MR) is 55.5 cm³/mol. The standard InChI is InChI=1S/C11H14F3NO/c1-15-9(7-11(12,13)14)8-5-3-4-6-10(8)16-2/h3-6,9,15H,7H2,1-2H3. The first kappa shape index (κ1) is 12.8. The monoisotopic (exact) mass is 233 g/mol. The largest absolute Gasteiger partial charge is 0.496 e. The van der Waals surface area contributed by atoms with Gasteiger partial charge in [-0.05, 0) is 13.1 Å². The fourth-order valence-electron chi connectivity index (χ4n) is 1.55. The van der Waals surface area contributed by atoms with Crippen molar-refractivity contribution >= 4 is 0 Å². The second kappa shape index (κ2) is 5.21. The van der Waals surface area contributed by atoms with Crippen LogP contribution in [0.3, 0.4) is 0 Å². The SMILES string of the molecule is CNC(CC(F)(F)F)c1ccccc1OC. The lowest BCUT2D eigenvalue weighted by Gasteiger charge is -2.20. The van der Waals surface area contributed by atoms with Crippen molar-refractivity contribution in [2.75, 3.05) is 14.2 Å². The van der Waals surface area contributed by atoms with E-state index in [2.05, 4.69) is 5.32 Å². The highest BCUT2D eigenvalue weighted by molar-refractivity contribution is 5.35. The van der Waals surface area contributed by atoms with Gasteiger partial charge in [-0.25, -0.2) is 0 Å². The van der Waals surface area contributed by atoms with Crippen LogP contribution < -0.4 is 10.1 Å². The van der Waals surface area contributed by atoms with Gasteiger partial charge in [0.2, 0.25) is 0 Å². The van der Waals surface area contributed by atoms with Crippen LogP contribution in [-0.4, -0.2) is 20.3 Å². The van der Waals surface area contributed by atoms with Gasteiger partial charge in [0.05, 0.1) is 13.5 Å². The summed E-state index contributed by atoms with van der Waals surface area (Å²) in [5.74, 6) is 0.464. The van der Waals surface area contributed by atoms with E-state index in [0.717, 1.165) is 0 Å². The minimum Gasteiger partial charge on any atom is -0.496 e. The number of rotatable bonds is 4. The lowest BCUT2D eigenvalue weighted by atomic mass is 10.0. The van der Waals surface area contributed by atoms with Crippen LogP contribution in [0.4, 0.5) is 13.2 Å². The van der Waals surface area contributed by atoms with Crippen molar-refractivity contribution in [3.8, 4) is 5.75 Å². The molecular weight excluding hydrogens is 219 g/mol. The molecule has 0 heterocycles. The Bertz CT molecular complexity index is 338. The Morgan fingerprint density at radius 3 is 2.44 bits per heavy atom. The summed E-state index contributed by atoms with van der Waals surface area (Å²) in [6.07, 6.45) is -5.11.